The fourth-order valence-electron chi connectivity index (χ4n) is 1.70. The fourth-order valence-corrected chi connectivity index (χ4v) is 1.70. The highest BCUT2D eigenvalue weighted by Crippen LogP contribution is 2.17. The Bertz CT molecular complexity index is 429. The summed E-state index contributed by atoms with van der Waals surface area (Å²) in [6, 6.07) is 8.35. The van der Waals surface area contributed by atoms with Gasteiger partial charge in [0.2, 0.25) is 0 Å². The summed E-state index contributed by atoms with van der Waals surface area (Å²) in [7, 11) is 1.69. The highest BCUT2D eigenvalue weighted by Gasteiger charge is 2.09. The van der Waals surface area contributed by atoms with E-state index in [9.17, 15) is 0 Å². The molecule has 0 spiro atoms. The average Bonchev–Trinajstić information content (AvgIpc) is 2.45. The van der Waals surface area contributed by atoms with Crippen molar-refractivity contribution in [3.63, 3.8) is 0 Å². The molecule has 0 aliphatic heterocycles. The third kappa shape index (κ3) is 5.11. The second kappa shape index (κ2) is 8.46. The predicted molar refractivity (Wildman–Crippen MR) is 85.2 cm³/mol. The Kier molecular flexibility index (Phi) is 6.91. The molecule has 0 fully saturated rings. The fraction of sp³-hybridized carbons (Fsp3) is 0.562. The van der Waals surface area contributed by atoms with Crippen LogP contribution < -0.4 is 15.4 Å². The van der Waals surface area contributed by atoms with Crippen molar-refractivity contribution in [3.05, 3.63) is 29.8 Å². The van der Waals surface area contributed by atoms with Crippen LogP contribution in [0.3, 0.4) is 0 Å². The third-order valence-electron chi connectivity index (χ3n) is 3.31. The van der Waals surface area contributed by atoms with Gasteiger partial charge in [-0.2, -0.15) is 0 Å². The predicted octanol–water partition coefficient (Wildman–Crippen LogP) is 2.79. The molecule has 20 heavy (non-hydrogen) atoms. The maximum atomic E-state index is 5.35. The van der Waals surface area contributed by atoms with E-state index < -0.39 is 0 Å². The lowest BCUT2D eigenvalue weighted by Crippen LogP contribution is -2.44. The first-order valence-corrected chi connectivity index (χ1v) is 7.25. The molecule has 0 aliphatic carbocycles. The average molecular weight is 277 g/mol. The molecule has 0 aliphatic rings. The number of rotatable bonds is 6. The number of aliphatic imine (C=N–C) groups is 1. The zero-order valence-electron chi connectivity index (χ0n) is 13.2. The Morgan fingerprint density at radius 3 is 2.55 bits per heavy atom. The van der Waals surface area contributed by atoms with E-state index in [0.29, 0.717) is 18.5 Å². The van der Waals surface area contributed by atoms with E-state index in [1.807, 2.05) is 24.3 Å². The molecule has 1 unspecified atom stereocenters. The van der Waals surface area contributed by atoms with E-state index in [0.717, 1.165) is 23.8 Å². The molecule has 0 aromatic heterocycles. The highest BCUT2D eigenvalue weighted by molar-refractivity contribution is 5.80. The van der Waals surface area contributed by atoms with Crippen molar-refractivity contribution in [3.8, 4) is 5.75 Å². The van der Waals surface area contributed by atoms with Crippen LogP contribution in [0.4, 0.5) is 0 Å². The largest absolute Gasteiger partial charge is 0.496 e. The van der Waals surface area contributed by atoms with Gasteiger partial charge in [-0.1, -0.05) is 32.0 Å². The Labute approximate surface area is 122 Å². The SMILES string of the molecule is CCNC(=NCc1ccccc1OC)NC(C)C(C)C. The molecule has 1 atom stereocenters. The van der Waals surface area contributed by atoms with Gasteiger partial charge in [-0.3, -0.25) is 0 Å². The number of guanidine groups is 1. The molecular weight excluding hydrogens is 250 g/mol. The van der Waals surface area contributed by atoms with Crippen LogP contribution in [0.2, 0.25) is 0 Å². The summed E-state index contributed by atoms with van der Waals surface area (Å²) in [6.45, 7) is 10.1. The second-order valence-electron chi connectivity index (χ2n) is 5.18. The smallest absolute Gasteiger partial charge is 0.191 e. The Balaban J connectivity index is 2.76. The summed E-state index contributed by atoms with van der Waals surface area (Å²) in [4.78, 5) is 4.63. The van der Waals surface area contributed by atoms with Crippen LogP contribution in [0.1, 0.15) is 33.3 Å². The van der Waals surface area contributed by atoms with E-state index in [1.54, 1.807) is 7.11 Å². The molecule has 0 amide bonds. The van der Waals surface area contributed by atoms with Gasteiger partial charge in [-0.25, -0.2) is 4.99 Å². The number of methoxy groups -OCH3 is 1. The van der Waals surface area contributed by atoms with E-state index >= 15 is 0 Å². The van der Waals surface area contributed by atoms with Crippen molar-refractivity contribution in [1.82, 2.24) is 10.6 Å². The van der Waals surface area contributed by atoms with Crippen LogP contribution in [-0.4, -0.2) is 25.7 Å². The molecule has 1 aromatic carbocycles. The summed E-state index contributed by atoms with van der Waals surface area (Å²) in [5.41, 5.74) is 1.09. The number of nitrogens with zero attached hydrogens (tertiary/aromatic N) is 1. The van der Waals surface area contributed by atoms with Crippen molar-refractivity contribution in [1.29, 1.82) is 0 Å². The monoisotopic (exact) mass is 277 g/mol. The minimum absolute atomic E-state index is 0.380. The van der Waals surface area contributed by atoms with Crippen LogP contribution in [-0.2, 0) is 6.54 Å². The zero-order chi connectivity index (χ0) is 15.0. The molecule has 0 heterocycles. The first kappa shape index (κ1) is 16.3. The van der Waals surface area contributed by atoms with Gasteiger partial charge in [0.25, 0.3) is 0 Å². The van der Waals surface area contributed by atoms with Crippen LogP contribution in [0.5, 0.6) is 5.75 Å². The standard InChI is InChI=1S/C16H27N3O/c1-6-17-16(19-13(4)12(2)3)18-11-14-9-7-8-10-15(14)20-5/h7-10,12-13H,6,11H2,1-5H3,(H2,17,18,19). The van der Waals surface area contributed by atoms with E-state index in [2.05, 4.69) is 43.3 Å². The molecule has 0 saturated carbocycles. The maximum Gasteiger partial charge on any atom is 0.191 e. The summed E-state index contributed by atoms with van der Waals surface area (Å²) in [5, 5.41) is 6.70. The Morgan fingerprint density at radius 2 is 1.95 bits per heavy atom. The lowest BCUT2D eigenvalue weighted by atomic mass is 10.1. The van der Waals surface area contributed by atoms with Gasteiger partial charge in [-0.05, 0) is 25.8 Å². The normalized spacial score (nSPS) is 13.2. The number of hydrogen-bond donors (Lipinski definition) is 2. The number of para-hydroxylation sites is 1. The molecule has 112 valence electrons. The van der Waals surface area contributed by atoms with Crippen molar-refractivity contribution >= 4 is 5.96 Å². The Hall–Kier alpha value is -1.71. The lowest BCUT2D eigenvalue weighted by molar-refractivity contribution is 0.410. The van der Waals surface area contributed by atoms with E-state index in [1.165, 1.54) is 0 Å². The van der Waals surface area contributed by atoms with E-state index in [4.69, 9.17) is 4.74 Å². The maximum absolute atomic E-state index is 5.35. The van der Waals surface area contributed by atoms with Crippen molar-refractivity contribution in [2.45, 2.75) is 40.3 Å². The lowest BCUT2D eigenvalue weighted by Gasteiger charge is -2.20. The zero-order valence-corrected chi connectivity index (χ0v) is 13.2. The number of hydrogen-bond acceptors (Lipinski definition) is 2. The third-order valence-corrected chi connectivity index (χ3v) is 3.31. The topological polar surface area (TPSA) is 45.7 Å². The summed E-state index contributed by atoms with van der Waals surface area (Å²) in [6.07, 6.45) is 0. The van der Waals surface area contributed by atoms with Gasteiger partial charge in [0.05, 0.1) is 13.7 Å². The van der Waals surface area contributed by atoms with E-state index in [-0.39, 0.29) is 0 Å². The minimum Gasteiger partial charge on any atom is -0.496 e. The van der Waals surface area contributed by atoms with Crippen molar-refractivity contribution in [2.24, 2.45) is 10.9 Å². The van der Waals surface area contributed by atoms with Crippen molar-refractivity contribution < 1.29 is 4.74 Å². The van der Waals surface area contributed by atoms with Gasteiger partial charge in [-0.15, -0.1) is 0 Å². The van der Waals surface area contributed by atoms with Crippen LogP contribution >= 0.6 is 0 Å². The molecule has 4 nitrogen and oxygen atoms in total. The summed E-state index contributed by atoms with van der Waals surface area (Å²) in [5.74, 6) is 2.29. The van der Waals surface area contributed by atoms with Gasteiger partial charge < -0.3 is 15.4 Å². The first-order valence-electron chi connectivity index (χ1n) is 7.25. The van der Waals surface area contributed by atoms with Gasteiger partial charge in [0.1, 0.15) is 5.75 Å². The second-order valence-corrected chi connectivity index (χ2v) is 5.18. The van der Waals surface area contributed by atoms with Gasteiger partial charge in [0.15, 0.2) is 5.96 Å². The molecule has 1 aromatic rings. The van der Waals surface area contributed by atoms with Gasteiger partial charge in [0, 0.05) is 18.2 Å². The van der Waals surface area contributed by atoms with Crippen LogP contribution in [0.15, 0.2) is 29.3 Å². The van der Waals surface area contributed by atoms with Crippen LogP contribution in [0.25, 0.3) is 0 Å². The summed E-state index contributed by atoms with van der Waals surface area (Å²) < 4.78 is 5.35. The molecule has 4 heteroatoms. The minimum atomic E-state index is 0.380. The molecular formula is C16H27N3O. The molecule has 0 bridgehead atoms. The molecule has 1 rings (SSSR count). The molecule has 0 saturated heterocycles. The van der Waals surface area contributed by atoms with Gasteiger partial charge >= 0.3 is 0 Å². The molecule has 2 N–H and O–H groups in total. The number of benzene rings is 1. The van der Waals surface area contributed by atoms with Crippen LogP contribution in [0, 0.1) is 5.92 Å². The van der Waals surface area contributed by atoms with Crippen molar-refractivity contribution in [2.75, 3.05) is 13.7 Å². The highest BCUT2D eigenvalue weighted by atomic mass is 16.5. The summed E-state index contributed by atoms with van der Waals surface area (Å²) >= 11 is 0. The Morgan fingerprint density at radius 1 is 1.25 bits per heavy atom. The number of ether oxygens (including phenoxy) is 1. The quantitative estimate of drug-likeness (QED) is 0.621. The number of nitrogens with one attached hydrogen (secondary N) is 2. The molecule has 0 radical (unpaired) electrons. The first-order chi connectivity index (χ1) is 9.58.